The van der Waals surface area contributed by atoms with Gasteiger partial charge in [-0.15, -0.1) is 0 Å². The fourth-order valence-corrected chi connectivity index (χ4v) is 1.07. The molecule has 1 aliphatic heterocycles. The number of rotatable bonds is 2. The molecule has 0 aromatic rings. The van der Waals surface area contributed by atoms with Crippen molar-refractivity contribution in [2.75, 3.05) is 21.1 Å². The van der Waals surface area contributed by atoms with Crippen molar-refractivity contribution in [3.05, 3.63) is 5.43 Å². The Labute approximate surface area is 76.4 Å². The molecule has 1 aliphatic rings. The average Bonchev–Trinajstić information content (AvgIpc) is 2.26. The standard InChI is InChI=1S/C7H13N3O3/c1-8-7-9-10(2,3)5(13-7)4-6(11)12/h5H,4H2,1-3H3,(H,11,12). The Hall–Kier alpha value is -1.30. The Morgan fingerprint density at radius 2 is 2.38 bits per heavy atom. The van der Waals surface area contributed by atoms with Gasteiger partial charge in [0.25, 0.3) is 6.23 Å². The van der Waals surface area contributed by atoms with E-state index in [0.29, 0.717) is 0 Å². The fraction of sp³-hybridized carbons (Fsp3) is 0.714. The van der Waals surface area contributed by atoms with Crippen molar-refractivity contribution in [3.63, 3.8) is 0 Å². The van der Waals surface area contributed by atoms with Gasteiger partial charge in [0.05, 0.1) is 14.1 Å². The van der Waals surface area contributed by atoms with E-state index >= 15 is 0 Å². The predicted octanol–water partition coefficient (Wildman–Crippen LogP) is 0.168. The second-order valence-corrected chi connectivity index (χ2v) is 3.26. The molecule has 1 fully saturated rings. The van der Waals surface area contributed by atoms with Crippen molar-refractivity contribution in [2.24, 2.45) is 4.99 Å². The lowest BCUT2D eigenvalue weighted by Crippen LogP contribution is -2.41. The Bertz CT molecular complexity index is 249. The maximum atomic E-state index is 10.5. The number of quaternary nitrogens is 1. The number of carbonyl (C=O) groups is 1. The third-order valence-corrected chi connectivity index (χ3v) is 1.83. The Balaban J connectivity index is 2.70. The van der Waals surface area contributed by atoms with Gasteiger partial charge in [-0.1, -0.05) is 7.05 Å². The maximum absolute atomic E-state index is 10.5. The zero-order valence-electron chi connectivity index (χ0n) is 7.89. The largest absolute Gasteiger partial charge is 0.481 e. The first-order chi connectivity index (χ1) is 5.95. The van der Waals surface area contributed by atoms with Gasteiger partial charge in [0.1, 0.15) is 12.4 Å². The summed E-state index contributed by atoms with van der Waals surface area (Å²) in [6.07, 6.45) is -0.550. The van der Waals surface area contributed by atoms with Gasteiger partial charge >= 0.3 is 5.97 Å². The molecule has 0 aromatic carbocycles. The molecule has 0 radical (unpaired) electrons. The summed E-state index contributed by atoms with van der Waals surface area (Å²) in [6.45, 7) is 0. The maximum Gasteiger partial charge on any atom is 0.313 e. The van der Waals surface area contributed by atoms with E-state index in [9.17, 15) is 4.79 Å². The van der Waals surface area contributed by atoms with Gasteiger partial charge in [-0.3, -0.25) is 4.79 Å². The predicted molar refractivity (Wildman–Crippen MR) is 46.0 cm³/mol. The second-order valence-electron chi connectivity index (χ2n) is 3.26. The molecule has 6 heteroatoms. The lowest BCUT2D eigenvalue weighted by atomic mass is 10.3. The van der Waals surface area contributed by atoms with Crippen molar-refractivity contribution < 1.29 is 19.2 Å². The van der Waals surface area contributed by atoms with Crippen LogP contribution >= 0.6 is 0 Å². The van der Waals surface area contributed by atoms with Crippen LogP contribution in [-0.2, 0) is 9.53 Å². The van der Waals surface area contributed by atoms with Gasteiger partial charge in [0.2, 0.25) is 0 Å². The highest BCUT2D eigenvalue weighted by Gasteiger charge is 2.36. The van der Waals surface area contributed by atoms with Crippen LogP contribution in [0.1, 0.15) is 6.42 Å². The molecule has 13 heavy (non-hydrogen) atoms. The lowest BCUT2D eigenvalue weighted by Gasteiger charge is -2.28. The summed E-state index contributed by atoms with van der Waals surface area (Å²) in [7, 11) is 5.10. The lowest BCUT2D eigenvalue weighted by molar-refractivity contribution is -0.883. The molecular weight excluding hydrogens is 174 g/mol. The van der Waals surface area contributed by atoms with Gasteiger partial charge in [0.15, 0.2) is 0 Å². The van der Waals surface area contributed by atoms with E-state index in [0.717, 1.165) is 0 Å². The molecule has 1 unspecified atom stereocenters. The molecular formula is C7H13N3O3. The highest BCUT2D eigenvalue weighted by molar-refractivity contribution is 5.86. The minimum atomic E-state index is -0.899. The molecule has 6 nitrogen and oxygen atoms in total. The Kier molecular flexibility index (Phi) is 2.42. The first-order valence-corrected chi connectivity index (χ1v) is 3.88. The number of carboxylic acid groups (broad SMARTS) is 1. The van der Waals surface area contributed by atoms with E-state index in [1.54, 1.807) is 21.1 Å². The van der Waals surface area contributed by atoms with Crippen molar-refractivity contribution >= 4 is 12.0 Å². The van der Waals surface area contributed by atoms with Crippen molar-refractivity contribution in [3.8, 4) is 0 Å². The summed E-state index contributed by atoms with van der Waals surface area (Å²) < 4.78 is 5.36. The summed E-state index contributed by atoms with van der Waals surface area (Å²) in [5.74, 6) is -0.899. The van der Waals surface area contributed by atoms with Crippen LogP contribution in [0.4, 0.5) is 0 Å². The minimum absolute atomic E-state index is 0.0739. The summed E-state index contributed by atoms with van der Waals surface area (Å²) in [6, 6.07) is 0.260. The van der Waals surface area contributed by atoms with Crippen molar-refractivity contribution in [1.29, 1.82) is 0 Å². The number of hydrogen-bond acceptors (Lipinski definition) is 3. The Morgan fingerprint density at radius 1 is 1.77 bits per heavy atom. The smallest absolute Gasteiger partial charge is 0.313 e. The number of amidine groups is 1. The van der Waals surface area contributed by atoms with Gasteiger partial charge < -0.3 is 14.8 Å². The molecule has 0 aliphatic carbocycles. The first kappa shape index (κ1) is 9.79. The highest BCUT2D eigenvalue weighted by atomic mass is 16.6. The van der Waals surface area contributed by atoms with E-state index in [2.05, 4.69) is 10.4 Å². The molecule has 0 amide bonds. The molecule has 1 N–H and O–H groups in total. The first-order valence-electron chi connectivity index (χ1n) is 3.88. The van der Waals surface area contributed by atoms with Gasteiger partial charge in [-0.2, -0.15) is 0 Å². The highest BCUT2D eigenvalue weighted by Crippen LogP contribution is 2.26. The minimum Gasteiger partial charge on any atom is -0.481 e. The van der Waals surface area contributed by atoms with Crippen LogP contribution in [0, 0.1) is 0 Å². The summed E-state index contributed by atoms with van der Waals surface area (Å²) >= 11 is 0. The van der Waals surface area contributed by atoms with Crippen LogP contribution in [0.15, 0.2) is 4.99 Å². The van der Waals surface area contributed by atoms with Crippen LogP contribution in [0.2, 0.25) is 0 Å². The van der Waals surface area contributed by atoms with Gasteiger partial charge in [-0.25, -0.2) is 10.0 Å². The summed E-state index contributed by atoms with van der Waals surface area (Å²) in [5.41, 5.74) is 4.08. The van der Waals surface area contributed by atoms with E-state index in [-0.39, 0.29) is 17.0 Å². The summed E-state index contributed by atoms with van der Waals surface area (Å²) in [4.78, 5) is 14.2. The third kappa shape index (κ3) is 2.09. The number of ether oxygens (including phenoxy) is 1. The molecule has 74 valence electrons. The van der Waals surface area contributed by atoms with E-state index in [1.807, 2.05) is 0 Å². The second kappa shape index (κ2) is 3.21. The van der Waals surface area contributed by atoms with E-state index < -0.39 is 12.2 Å². The number of aliphatic imine (C=N–C) groups is 1. The average molecular weight is 187 g/mol. The van der Waals surface area contributed by atoms with Crippen LogP contribution in [0.3, 0.4) is 0 Å². The fourth-order valence-electron chi connectivity index (χ4n) is 1.07. The molecule has 0 saturated carbocycles. The third-order valence-electron chi connectivity index (χ3n) is 1.83. The molecule has 0 spiro atoms. The number of aliphatic carboxylic acids is 1. The quantitative estimate of drug-likeness (QED) is 0.626. The molecule has 1 saturated heterocycles. The van der Waals surface area contributed by atoms with Crippen LogP contribution in [-0.4, -0.2) is 49.1 Å². The van der Waals surface area contributed by atoms with Gasteiger partial charge in [0, 0.05) is 0 Å². The van der Waals surface area contributed by atoms with E-state index in [4.69, 9.17) is 9.84 Å². The topological polar surface area (TPSA) is 73.0 Å². The zero-order chi connectivity index (χ0) is 10.1. The van der Waals surface area contributed by atoms with Crippen LogP contribution in [0.25, 0.3) is 5.43 Å². The van der Waals surface area contributed by atoms with Crippen LogP contribution in [0.5, 0.6) is 0 Å². The zero-order valence-corrected chi connectivity index (χ0v) is 7.89. The molecule has 1 heterocycles. The normalized spacial score (nSPS) is 28.2. The Morgan fingerprint density at radius 3 is 2.77 bits per heavy atom. The molecule has 1 rings (SSSR count). The number of hydrogen-bond donors (Lipinski definition) is 1. The monoisotopic (exact) mass is 187 g/mol. The molecule has 1 atom stereocenters. The van der Waals surface area contributed by atoms with Crippen LogP contribution < -0.4 is 0 Å². The SMILES string of the molecule is CN=C1[N-][N+](C)(C)C(CC(=O)O)O1. The van der Waals surface area contributed by atoms with Gasteiger partial charge in [-0.05, 0) is 0 Å². The molecule has 0 bridgehead atoms. The molecule has 0 aromatic heterocycles. The van der Waals surface area contributed by atoms with E-state index in [1.165, 1.54) is 0 Å². The van der Waals surface area contributed by atoms with Crippen molar-refractivity contribution in [2.45, 2.75) is 12.6 Å². The van der Waals surface area contributed by atoms with Crippen molar-refractivity contribution in [1.82, 2.24) is 0 Å². The number of nitrogens with zero attached hydrogens (tertiary/aromatic N) is 3. The summed E-state index contributed by atoms with van der Waals surface area (Å²) in [5, 5.41) is 8.59. The number of carboxylic acids is 1.